The Morgan fingerprint density at radius 3 is 2.41 bits per heavy atom. The van der Waals surface area contributed by atoms with Gasteiger partial charge in [0, 0.05) is 28.4 Å². The van der Waals surface area contributed by atoms with Crippen molar-refractivity contribution in [2.75, 3.05) is 13.2 Å². The molecule has 0 fully saturated rings. The molecule has 150 valence electrons. The highest BCUT2D eigenvalue weighted by Gasteiger charge is 2.16. The first-order valence-electron chi connectivity index (χ1n) is 9.25. The molecule has 0 atom stereocenters. The van der Waals surface area contributed by atoms with Gasteiger partial charge in [0.15, 0.2) is 6.61 Å². The molecule has 0 aliphatic rings. The zero-order valence-electron chi connectivity index (χ0n) is 16.1. The number of hydrogen-bond donors (Lipinski definition) is 0. The number of hydrogen-bond acceptors (Lipinski definition) is 5. The second-order valence-electron chi connectivity index (χ2n) is 6.60. The number of carbonyl (C=O) groups is 1. The molecule has 0 unspecified atom stereocenters. The molecule has 0 aliphatic carbocycles. The Kier molecular flexibility index (Phi) is 6.97. The molecule has 3 aromatic rings. The lowest BCUT2D eigenvalue weighted by Gasteiger charge is -2.22. The molecule has 0 aliphatic heterocycles. The van der Waals surface area contributed by atoms with Crippen LogP contribution in [0.5, 0.6) is 5.75 Å². The van der Waals surface area contributed by atoms with Crippen LogP contribution >= 0.6 is 11.3 Å². The van der Waals surface area contributed by atoms with E-state index >= 15 is 0 Å². The summed E-state index contributed by atoms with van der Waals surface area (Å²) in [6, 6.07) is 19.9. The van der Waals surface area contributed by atoms with Crippen LogP contribution in [-0.2, 0) is 17.8 Å². The Morgan fingerprint density at radius 2 is 1.79 bits per heavy atom. The summed E-state index contributed by atoms with van der Waals surface area (Å²) in [4.78, 5) is 27.2. The minimum absolute atomic E-state index is 0.0128. The average molecular weight is 410 g/mol. The lowest BCUT2D eigenvalue weighted by Crippen LogP contribution is -2.35. The minimum atomic E-state index is -0.469. The zero-order chi connectivity index (χ0) is 20.6. The Hall–Kier alpha value is -3.19. The largest absolute Gasteiger partial charge is 0.484 e. The van der Waals surface area contributed by atoms with Crippen molar-refractivity contribution in [3.8, 4) is 5.75 Å². The fraction of sp³-hybridized carbons (Fsp3) is 0.227. The molecule has 29 heavy (non-hydrogen) atoms. The quantitative estimate of drug-likeness (QED) is 0.381. The predicted molar refractivity (Wildman–Crippen MR) is 113 cm³/mol. The summed E-state index contributed by atoms with van der Waals surface area (Å²) >= 11 is 1.68. The number of non-ortho nitro benzene ring substituents is 1. The minimum Gasteiger partial charge on any atom is -0.484 e. The first-order chi connectivity index (χ1) is 14.0. The molecule has 0 spiro atoms. The summed E-state index contributed by atoms with van der Waals surface area (Å²) in [6.45, 7) is 3.05. The highest BCUT2D eigenvalue weighted by atomic mass is 32.1. The number of benzene rings is 2. The smallest absolute Gasteiger partial charge is 0.269 e. The van der Waals surface area contributed by atoms with Gasteiger partial charge in [-0.25, -0.2) is 0 Å². The van der Waals surface area contributed by atoms with E-state index in [1.807, 2.05) is 49.4 Å². The Labute approximate surface area is 173 Å². The first kappa shape index (κ1) is 20.5. The lowest BCUT2D eigenvalue weighted by atomic mass is 10.1. The van der Waals surface area contributed by atoms with Crippen molar-refractivity contribution in [3.05, 3.63) is 92.2 Å². The molecule has 0 saturated carbocycles. The molecule has 3 rings (SSSR count). The summed E-state index contributed by atoms with van der Waals surface area (Å²) in [5.74, 6) is 0.310. The number of rotatable bonds is 9. The maximum absolute atomic E-state index is 12.8. The Balaban J connectivity index is 1.63. The van der Waals surface area contributed by atoms with E-state index < -0.39 is 4.92 Å². The molecule has 0 saturated heterocycles. The molecular weight excluding hydrogens is 388 g/mol. The monoisotopic (exact) mass is 410 g/mol. The Bertz CT molecular complexity index is 954. The standard InChI is InChI=1S/C22H22N2O4S/c1-17-7-12-21(29-17)15-23(14-13-18-5-3-2-4-6-18)22(25)16-28-20-10-8-19(9-11-20)24(26)27/h2-12H,13-16H2,1H3. The van der Waals surface area contributed by atoms with Gasteiger partial charge in [-0.05, 0) is 43.2 Å². The maximum atomic E-state index is 12.8. The summed E-state index contributed by atoms with van der Waals surface area (Å²) in [7, 11) is 0. The number of carbonyl (C=O) groups excluding carboxylic acids is 1. The number of nitro benzene ring substituents is 1. The second kappa shape index (κ2) is 9.84. The number of nitrogens with zero attached hydrogens (tertiary/aromatic N) is 2. The fourth-order valence-corrected chi connectivity index (χ4v) is 3.77. The van der Waals surface area contributed by atoms with Gasteiger partial charge >= 0.3 is 0 Å². The molecule has 0 bridgehead atoms. The molecule has 1 amide bonds. The highest BCUT2D eigenvalue weighted by molar-refractivity contribution is 7.11. The zero-order valence-corrected chi connectivity index (χ0v) is 16.9. The molecular formula is C22H22N2O4S. The van der Waals surface area contributed by atoms with E-state index in [0.29, 0.717) is 18.8 Å². The van der Waals surface area contributed by atoms with Crippen molar-refractivity contribution in [1.29, 1.82) is 0 Å². The molecule has 0 N–H and O–H groups in total. The molecule has 0 radical (unpaired) electrons. The molecule has 1 aromatic heterocycles. The van der Waals surface area contributed by atoms with Gasteiger partial charge in [0.05, 0.1) is 11.5 Å². The van der Waals surface area contributed by atoms with Crippen molar-refractivity contribution in [3.63, 3.8) is 0 Å². The number of thiophene rings is 1. The molecule has 2 aromatic carbocycles. The SMILES string of the molecule is Cc1ccc(CN(CCc2ccccc2)C(=O)COc2ccc([N+](=O)[O-])cc2)s1. The van der Waals surface area contributed by atoms with E-state index in [-0.39, 0.29) is 18.2 Å². The van der Waals surface area contributed by atoms with Gasteiger partial charge in [0.2, 0.25) is 0 Å². The number of ether oxygens (including phenoxy) is 1. The fourth-order valence-electron chi connectivity index (χ4n) is 2.86. The van der Waals surface area contributed by atoms with Crippen LogP contribution in [0.15, 0.2) is 66.7 Å². The van der Waals surface area contributed by atoms with Crippen LogP contribution in [0.4, 0.5) is 5.69 Å². The van der Waals surface area contributed by atoms with E-state index in [1.54, 1.807) is 16.2 Å². The van der Waals surface area contributed by atoms with Crippen LogP contribution in [0.25, 0.3) is 0 Å². The molecule has 7 heteroatoms. The lowest BCUT2D eigenvalue weighted by molar-refractivity contribution is -0.384. The molecule has 1 heterocycles. The van der Waals surface area contributed by atoms with Crippen molar-refractivity contribution in [2.45, 2.75) is 19.9 Å². The van der Waals surface area contributed by atoms with E-state index in [1.165, 1.54) is 34.7 Å². The van der Waals surface area contributed by atoms with Gasteiger partial charge in [0.25, 0.3) is 11.6 Å². The van der Waals surface area contributed by atoms with Crippen LogP contribution in [0.2, 0.25) is 0 Å². The van der Waals surface area contributed by atoms with Crippen LogP contribution in [0.1, 0.15) is 15.3 Å². The van der Waals surface area contributed by atoms with Gasteiger partial charge in [-0.1, -0.05) is 30.3 Å². The van der Waals surface area contributed by atoms with E-state index in [0.717, 1.165) is 11.3 Å². The number of amides is 1. The van der Waals surface area contributed by atoms with E-state index in [9.17, 15) is 14.9 Å². The van der Waals surface area contributed by atoms with Gasteiger partial charge in [-0.15, -0.1) is 11.3 Å². The third kappa shape index (κ3) is 6.15. The number of nitro groups is 1. The first-order valence-corrected chi connectivity index (χ1v) is 10.1. The predicted octanol–water partition coefficient (Wildman–Crippen LogP) is 4.62. The maximum Gasteiger partial charge on any atom is 0.269 e. The van der Waals surface area contributed by atoms with Crippen molar-refractivity contribution in [2.24, 2.45) is 0 Å². The summed E-state index contributed by atoms with van der Waals surface area (Å²) in [5, 5.41) is 10.7. The summed E-state index contributed by atoms with van der Waals surface area (Å²) in [6.07, 6.45) is 0.758. The van der Waals surface area contributed by atoms with Crippen molar-refractivity contribution in [1.82, 2.24) is 4.90 Å². The van der Waals surface area contributed by atoms with Gasteiger partial charge in [-0.2, -0.15) is 0 Å². The normalized spacial score (nSPS) is 10.5. The van der Waals surface area contributed by atoms with E-state index in [2.05, 4.69) is 0 Å². The van der Waals surface area contributed by atoms with Crippen LogP contribution in [0, 0.1) is 17.0 Å². The van der Waals surface area contributed by atoms with Crippen molar-refractivity contribution < 1.29 is 14.5 Å². The highest BCUT2D eigenvalue weighted by Crippen LogP contribution is 2.19. The topological polar surface area (TPSA) is 72.7 Å². The van der Waals surface area contributed by atoms with Gasteiger partial charge < -0.3 is 9.64 Å². The third-order valence-corrected chi connectivity index (χ3v) is 5.40. The summed E-state index contributed by atoms with van der Waals surface area (Å²) in [5.41, 5.74) is 1.16. The Morgan fingerprint density at radius 1 is 1.07 bits per heavy atom. The number of aryl methyl sites for hydroxylation is 1. The van der Waals surface area contributed by atoms with Crippen molar-refractivity contribution >= 4 is 22.9 Å². The van der Waals surface area contributed by atoms with Gasteiger partial charge in [-0.3, -0.25) is 14.9 Å². The van der Waals surface area contributed by atoms with Crippen LogP contribution in [-0.4, -0.2) is 28.9 Å². The average Bonchev–Trinajstić information content (AvgIpc) is 3.15. The molecule has 6 nitrogen and oxygen atoms in total. The summed E-state index contributed by atoms with van der Waals surface area (Å²) < 4.78 is 5.57. The van der Waals surface area contributed by atoms with Crippen LogP contribution in [0.3, 0.4) is 0 Å². The van der Waals surface area contributed by atoms with Gasteiger partial charge in [0.1, 0.15) is 5.75 Å². The second-order valence-corrected chi connectivity index (χ2v) is 7.98. The van der Waals surface area contributed by atoms with Crippen LogP contribution < -0.4 is 4.74 Å². The third-order valence-electron chi connectivity index (χ3n) is 4.42. The van der Waals surface area contributed by atoms with E-state index in [4.69, 9.17) is 4.74 Å².